The molecule has 2 aromatic heterocycles. The molecule has 7 heteroatoms. The highest BCUT2D eigenvalue weighted by Crippen LogP contribution is 2.25. The van der Waals surface area contributed by atoms with Gasteiger partial charge in [0.25, 0.3) is 0 Å². The summed E-state index contributed by atoms with van der Waals surface area (Å²) in [4.78, 5) is 15.5. The van der Waals surface area contributed by atoms with Crippen molar-refractivity contribution in [3.8, 4) is 0 Å². The molecule has 0 aromatic carbocycles. The monoisotopic (exact) mass is 356 g/mol. The van der Waals surface area contributed by atoms with E-state index < -0.39 is 6.04 Å². The lowest BCUT2D eigenvalue weighted by molar-refractivity contribution is 0.0950. The van der Waals surface area contributed by atoms with Crippen LogP contribution in [-0.4, -0.2) is 41.1 Å². The van der Waals surface area contributed by atoms with Crippen molar-refractivity contribution in [2.75, 3.05) is 20.6 Å². The molecule has 0 aliphatic carbocycles. The second-order valence-corrected chi connectivity index (χ2v) is 6.56. The summed E-state index contributed by atoms with van der Waals surface area (Å²) in [6.45, 7) is 1.46. The van der Waals surface area contributed by atoms with Gasteiger partial charge in [0.2, 0.25) is 5.78 Å². The number of nitrogens with zero attached hydrogens (tertiary/aromatic N) is 3. The number of hydrogen-bond acceptors (Lipinski definition) is 5. The minimum atomic E-state index is -0.638. The molecular formula is C13H17BrN4OS. The number of hydrogen-bond donors (Lipinski definition) is 1. The number of carbonyl (C=O) groups is 1. The fourth-order valence-corrected chi connectivity index (χ4v) is 3.03. The SMILES string of the molecule is CN(C)CCn1ncc(Br)c1C(=O)C(N)c1cccs1. The molecule has 1 unspecified atom stereocenters. The van der Waals surface area contributed by atoms with Gasteiger partial charge >= 0.3 is 0 Å². The van der Waals surface area contributed by atoms with E-state index in [1.54, 1.807) is 10.9 Å². The van der Waals surface area contributed by atoms with Crippen molar-refractivity contribution in [2.24, 2.45) is 5.73 Å². The summed E-state index contributed by atoms with van der Waals surface area (Å²) < 4.78 is 2.40. The Morgan fingerprint density at radius 3 is 2.95 bits per heavy atom. The Balaban J connectivity index is 2.23. The van der Waals surface area contributed by atoms with Crippen LogP contribution >= 0.6 is 27.3 Å². The molecule has 0 saturated carbocycles. The Labute approximate surface area is 130 Å². The molecule has 0 aliphatic heterocycles. The van der Waals surface area contributed by atoms with Gasteiger partial charge in [-0.2, -0.15) is 5.10 Å². The van der Waals surface area contributed by atoms with Crippen molar-refractivity contribution in [1.29, 1.82) is 0 Å². The lowest BCUT2D eigenvalue weighted by Gasteiger charge is -2.14. The molecule has 2 N–H and O–H groups in total. The normalized spacial score (nSPS) is 12.8. The molecule has 0 bridgehead atoms. The van der Waals surface area contributed by atoms with E-state index in [1.165, 1.54) is 11.3 Å². The maximum absolute atomic E-state index is 12.6. The molecular weight excluding hydrogens is 340 g/mol. The van der Waals surface area contributed by atoms with Crippen LogP contribution < -0.4 is 5.73 Å². The first-order chi connectivity index (χ1) is 9.50. The van der Waals surface area contributed by atoms with Crippen LogP contribution in [0, 0.1) is 0 Å². The van der Waals surface area contributed by atoms with Gasteiger partial charge < -0.3 is 10.6 Å². The van der Waals surface area contributed by atoms with Crippen molar-refractivity contribution in [1.82, 2.24) is 14.7 Å². The minimum absolute atomic E-state index is 0.115. The first-order valence-electron chi connectivity index (χ1n) is 6.20. The smallest absolute Gasteiger partial charge is 0.203 e. The number of halogens is 1. The number of likely N-dealkylation sites (N-methyl/N-ethyl adjacent to an activating group) is 1. The van der Waals surface area contributed by atoms with Crippen LogP contribution in [-0.2, 0) is 6.54 Å². The summed E-state index contributed by atoms with van der Waals surface area (Å²) in [5.74, 6) is -0.115. The highest BCUT2D eigenvalue weighted by molar-refractivity contribution is 9.10. The minimum Gasteiger partial charge on any atom is -0.317 e. The summed E-state index contributed by atoms with van der Waals surface area (Å²) >= 11 is 4.87. The van der Waals surface area contributed by atoms with Crippen molar-refractivity contribution in [3.63, 3.8) is 0 Å². The molecule has 2 aromatic rings. The van der Waals surface area contributed by atoms with Crippen LogP contribution in [0.25, 0.3) is 0 Å². The van der Waals surface area contributed by atoms with E-state index in [4.69, 9.17) is 5.73 Å². The predicted octanol–water partition coefficient (Wildman–Crippen LogP) is 2.15. The fraction of sp³-hybridized carbons (Fsp3) is 0.385. The first kappa shape index (κ1) is 15.4. The molecule has 1 atom stereocenters. The number of carbonyl (C=O) groups excluding carboxylic acids is 1. The number of thiophene rings is 1. The van der Waals surface area contributed by atoms with Crippen LogP contribution in [0.15, 0.2) is 28.2 Å². The maximum Gasteiger partial charge on any atom is 0.203 e. The molecule has 2 rings (SSSR count). The predicted molar refractivity (Wildman–Crippen MR) is 84.1 cm³/mol. The van der Waals surface area contributed by atoms with Gasteiger partial charge in [-0.15, -0.1) is 11.3 Å². The van der Waals surface area contributed by atoms with Gasteiger partial charge in [0, 0.05) is 11.4 Å². The van der Waals surface area contributed by atoms with E-state index in [2.05, 4.69) is 21.0 Å². The average Bonchev–Trinajstić information content (AvgIpc) is 3.04. The second kappa shape index (κ2) is 6.62. The Hall–Kier alpha value is -1.02. The molecule has 5 nitrogen and oxygen atoms in total. The van der Waals surface area contributed by atoms with Crippen molar-refractivity contribution >= 4 is 33.0 Å². The second-order valence-electron chi connectivity index (χ2n) is 4.72. The van der Waals surface area contributed by atoms with Crippen LogP contribution in [0.2, 0.25) is 0 Å². The van der Waals surface area contributed by atoms with Gasteiger partial charge in [0.05, 0.1) is 17.2 Å². The van der Waals surface area contributed by atoms with E-state index in [0.717, 1.165) is 11.4 Å². The van der Waals surface area contributed by atoms with Crippen LogP contribution in [0.3, 0.4) is 0 Å². The van der Waals surface area contributed by atoms with Crippen molar-refractivity contribution in [3.05, 3.63) is 38.8 Å². The Morgan fingerprint density at radius 2 is 2.35 bits per heavy atom. The molecule has 0 fully saturated rings. The molecule has 20 heavy (non-hydrogen) atoms. The van der Waals surface area contributed by atoms with Gasteiger partial charge in [-0.3, -0.25) is 9.48 Å². The Morgan fingerprint density at radius 1 is 1.60 bits per heavy atom. The summed E-state index contributed by atoms with van der Waals surface area (Å²) in [5, 5.41) is 6.16. The van der Waals surface area contributed by atoms with Gasteiger partial charge in [-0.1, -0.05) is 6.07 Å². The topological polar surface area (TPSA) is 64.2 Å². The third-order valence-corrected chi connectivity index (χ3v) is 4.46. The van der Waals surface area contributed by atoms with Crippen LogP contribution in [0.5, 0.6) is 0 Å². The molecule has 2 heterocycles. The average molecular weight is 357 g/mol. The Kier molecular flexibility index (Phi) is 5.09. The summed E-state index contributed by atoms with van der Waals surface area (Å²) in [5.41, 5.74) is 6.59. The molecule has 0 aliphatic rings. The molecule has 108 valence electrons. The molecule has 0 spiro atoms. The third-order valence-electron chi connectivity index (χ3n) is 2.92. The van der Waals surface area contributed by atoms with E-state index in [-0.39, 0.29) is 5.78 Å². The number of aromatic nitrogens is 2. The van der Waals surface area contributed by atoms with Crippen LogP contribution in [0.4, 0.5) is 0 Å². The standard InChI is InChI=1S/C13H17BrN4OS/c1-17(2)5-6-18-12(9(14)8-16-18)13(19)11(15)10-4-3-7-20-10/h3-4,7-8,11H,5-6,15H2,1-2H3. The van der Waals surface area contributed by atoms with Crippen molar-refractivity contribution in [2.45, 2.75) is 12.6 Å². The van der Waals surface area contributed by atoms with E-state index in [9.17, 15) is 4.79 Å². The third kappa shape index (κ3) is 3.35. The number of ketones is 1. The highest BCUT2D eigenvalue weighted by atomic mass is 79.9. The molecule has 0 saturated heterocycles. The number of nitrogens with two attached hydrogens (primary N) is 1. The summed E-state index contributed by atoms with van der Waals surface area (Å²) in [6.07, 6.45) is 1.64. The van der Waals surface area contributed by atoms with Gasteiger partial charge in [-0.25, -0.2) is 0 Å². The zero-order valence-corrected chi connectivity index (χ0v) is 13.8. The van der Waals surface area contributed by atoms with Crippen LogP contribution in [0.1, 0.15) is 21.4 Å². The summed E-state index contributed by atoms with van der Waals surface area (Å²) in [6, 6.07) is 3.13. The van der Waals surface area contributed by atoms with Gasteiger partial charge in [-0.05, 0) is 41.5 Å². The van der Waals surface area contributed by atoms with E-state index >= 15 is 0 Å². The zero-order chi connectivity index (χ0) is 14.7. The first-order valence-corrected chi connectivity index (χ1v) is 7.87. The number of rotatable bonds is 6. The lowest BCUT2D eigenvalue weighted by atomic mass is 10.1. The van der Waals surface area contributed by atoms with E-state index in [1.807, 2.05) is 36.5 Å². The van der Waals surface area contributed by atoms with Gasteiger partial charge in [0.1, 0.15) is 11.7 Å². The largest absolute Gasteiger partial charge is 0.317 e. The highest BCUT2D eigenvalue weighted by Gasteiger charge is 2.24. The quantitative estimate of drug-likeness (QED) is 0.805. The molecule has 0 radical (unpaired) electrons. The summed E-state index contributed by atoms with van der Waals surface area (Å²) in [7, 11) is 3.97. The van der Waals surface area contributed by atoms with Crippen molar-refractivity contribution < 1.29 is 4.79 Å². The number of Topliss-reactive ketones (excluding diaryl/α,β-unsaturated/α-hetero) is 1. The maximum atomic E-state index is 12.6. The lowest BCUT2D eigenvalue weighted by Crippen LogP contribution is -2.26. The zero-order valence-electron chi connectivity index (χ0n) is 11.4. The Bertz CT molecular complexity index is 579. The molecule has 0 amide bonds. The fourth-order valence-electron chi connectivity index (χ4n) is 1.82. The van der Waals surface area contributed by atoms with Gasteiger partial charge in [0.15, 0.2) is 0 Å². The van der Waals surface area contributed by atoms with E-state index in [0.29, 0.717) is 16.7 Å².